The third-order valence-corrected chi connectivity index (χ3v) is 2.32. The van der Waals surface area contributed by atoms with Crippen LogP contribution in [0.4, 0.5) is 0 Å². The molecule has 4 nitrogen and oxygen atoms in total. The minimum atomic E-state index is -0.283. The molecule has 0 radical (unpaired) electrons. The molecule has 0 aliphatic carbocycles. The van der Waals surface area contributed by atoms with Crippen LogP contribution in [0, 0.1) is 0 Å². The lowest BCUT2D eigenvalue weighted by Gasteiger charge is -2.03. The van der Waals surface area contributed by atoms with Crippen LogP contribution < -0.4 is 5.32 Å². The molecule has 0 atom stereocenters. The molecule has 4 heteroatoms. The smallest absolute Gasteiger partial charge is 0.307 e. The molecule has 0 saturated carbocycles. The SMILES string of the molecule is CCCOC(=O)CCNC(=O)/C=C/c1ccccc1. The van der Waals surface area contributed by atoms with Gasteiger partial charge in [-0.1, -0.05) is 37.3 Å². The Bertz CT molecular complexity index is 426. The van der Waals surface area contributed by atoms with Gasteiger partial charge in [-0.2, -0.15) is 0 Å². The van der Waals surface area contributed by atoms with Crippen LogP contribution in [0.15, 0.2) is 36.4 Å². The molecule has 0 spiro atoms. The Kier molecular flexibility index (Phi) is 7.02. The summed E-state index contributed by atoms with van der Waals surface area (Å²) in [6.45, 7) is 2.66. The number of benzene rings is 1. The van der Waals surface area contributed by atoms with Gasteiger partial charge in [0.2, 0.25) is 5.91 Å². The highest BCUT2D eigenvalue weighted by Gasteiger charge is 2.02. The van der Waals surface area contributed by atoms with Crippen molar-refractivity contribution in [3.05, 3.63) is 42.0 Å². The van der Waals surface area contributed by atoms with E-state index in [1.807, 2.05) is 37.3 Å². The topological polar surface area (TPSA) is 55.4 Å². The lowest BCUT2D eigenvalue weighted by atomic mass is 10.2. The minimum absolute atomic E-state index is 0.199. The first-order valence-electron chi connectivity index (χ1n) is 6.39. The Labute approximate surface area is 113 Å². The van der Waals surface area contributed by atoms with Crippen molar-refractivity contribution >= 4 is 18.0 Å². The maximum Gasteiger partial charge on any atom is 0.307 e. The number of amides is 1. The van der Waals surface area contributed by atoms with E-state index in [0.717, 1.165) is 12.0 Å². The molecule has 0 saturated heterocycles. The molecule has 0 aliphatic heterocycles. The third-order valence-electron chi connectivity index (χ3n) is 2.32. The van der Waals surface area contributed by atoms with Gasteiger partial charge in [0.1, 0.15) is 0 Å². The number of hydrogen-bond donors (Lipinski definition) is 1. The van der Waals surface area contributed by atoms with E-state index in [-0.39, 0.29) is 18.3 Å². The second-order valence-electron chi connectivity index (χ2n) is 4.01. The maximum absolute atomic E-state index is 11.5. The van der Waals surface area contributed by atoms with Crippen molar-refractivity contribution in [2.24, 2.45) is 0 Å². The van der Waals surface area contributed by atoms with Gasteiger partial charge in [-0.3, -0.25) is 9.59 Å². The zero-order valence-corrected chi connectivity index (χ0v) is 11.1. The highest BCUT2D eigenvalue weighted by molar-refractivity contribution is 5.91. The maximum atomic E-state index is 11.5. The number of ether oxygens (including phenoxy) is 1. The fourth-order valence-electron chi connectivity index (χ4n) is 1.37. The molecule has 0 fully saturated rings. The molecular formula is C15H19NO3. The van der Waals surface area contributed by atoms with Crippen LogP contribution in [0.5, 0.6) is 0 Å². The predicted octanol–water partition coefficient (Wildman–Crippen LogP) is 2.16. The Hall–Kier alpha value is -2.10. The van der Waals surface area contributed by atoms with Crippen molar-refractivity contribution < 1.29 is 14.3 Å². The number of rotatable bonds is 7. The van der Waals surface area contributed by atoms with Crippen molar-refractivity contribution in [1.29, 1.82) is 0 Å². The van der Waals surface area contributed by atoms with E-state index in [1.165, 1.54) is 6.08 Å². The van der Waals surface area contributed by atoms with Gasteiger partial charge >= 0.3 is 5.97 Å². The lowest BCUT2D eigenvalue weighted by Crippen LogP contribution is -2.24. The zero-order chi connectivity index (χ0) is 13.9. The molecule has 1 aromatic rings. The number of hydrogen-bond acceptors (Lipinski definition) is 3. The first kappa shape index (κ1) is 15.0. The van der Waals surface area contributed by atoms with E-state index < -0.39 is 0 Å². The second kappa shape index (κ2) is 8.91. The molecule has 0 bridgehead atoms. The normalized spacial score (nSPS) is 10.4. The zero-order valence-electron chi connectivity index (χ0n) is 11.1. The van der Waals surface area contributed by atoms with Crippen LogP contribution in [-0.4, -0.2) is 25.0 Å². The first-order chi connectivity index (χ1) is 9.22. The summed E-state index contributed by atoms with van der Waals surface area (Å²) in [6.07, 6.45) is 4.18. The van der Waals surface area contributed by atoms with Crippen LogP contribution in [0.3, 0.4) is 0 Å². The first-order valence-corrected chi connectivity index (χ1v) is 6.39. The van der Waals surface area contributed by atoms with Gasteiger partial charge in [0, 0.05) is 12.6 Å². The molecule has 102 valence electrons. The second-order valence-corrected chi connectivity index (χ2v) is 4.01. The summed E-state index contributed by atoms with van der Waals surface area (Å²) in [6, 6.07) is 9.54. The number of carbonyl (C=O) groups excluding carboxylic acids is 2. The van der Waals surface area contributed by atoms with Crippen molar-refractivity contribution in [2.75, 3.05) is 13.2 Å². The largest absolute Gasteiger partial charge is 0.466 e. The quantitative estimate of drug-likeness (QED) is 0.604. The minimum Gasteiger partial charge on any atom is -0.466 e. The van der Waals surface area contributed by atoms with Gasteiger partial charge in [-0.15, -0.1) is 0 Å². The molecule has 1 amide bonds. The summed E-state index contributed by atoms with van der Waals surface area (Å²) in [5, 5.41) is 2.63. The highest BCUT2D eigenvalue weighted by atomic mass is 16.5. The Morgan fingerprint density at radius 2 is 2.00 bits per heavy atom. The van der Waals surface area contributed by atoms with Crippen LogP contribution in [0.25, 0.3) is 6.08 Å². The summed E-state index contributed by atoms with van der Waals surface area (Å²) >= 11 is 0. The number of carbonyl (C=O) groups is 2. The van der Waals surface area contributed by atoms with Crippen LogP contribution >= 0.6 is 0 Å². The van der Waals surface area contributed by atoms with Gasteiger partial charge < -0.3 is 10.1 Å². The Morgan fingerprint density at radius 3 is 2.68 bits per heavy atom. The fraction of sp³-hybridized carbons (Fsp3) is 0.333. The van der Waals surface area contributed by atoms with Crippen molar-refractivity contribution in [3.63, 3.8) is 0 Å². The molecule has 1 aromatic carbocycles. The Morgan fingerprint density at radius 1 is 1.26 bits per heavy atom. The Balaban J connectivity index is 2.21. The average Bonchev–Trinajstić information content (AvgIpc) is 2.44. The van der Waals surface area contributed by atoms with Crippen LogP contribution in [-0.2, 0) is 14.3 Å². The average molecular weight is 261 g/mol. The van der Waals surface area contributed by atoms with Gasteiger partial charge in [0.05, 0.1) is 13.0 Å². The standard InChI is InChI=1S/C15H19NO3/c1-2-12-19-15(18)10-11-16-14(17)9-8-13-6-4-3-5-7-13/h3-9H,2,10-12H2,1H3,(H,16,17)/b9-8+. The fourth-order valence-corrected chi connectivity index (χ4v) is 1.37. The van der Waals surface area contributed by atoms with Crippen molar-refractivity contribution in [3.8, 4) is 0 Å². The lowest BCUT2D eigenvalue weighted by molar-refractivity contribution is -0.143. The van der Waals surface area contributed by atoms with E-state index in [1.54, 1.807) is 6.08 Å². The van der Waals surface area contributed by atoms with E-state index in [2.05, 4.69) is 5.32 Å². The number of nitrogens with one attached hydrogen (secondary N) is 1. The van der Waals surface area contributed by atoms with E-state index in [4.69, 9.17) is 4.74 Å². The number of esters is 1. The van der Waals surface area contributed by atoms with Crippen molar-refractivity contribution in [2.45, 2.75) is 19.8 Å². The molecule has 19 heavy (non-hydrogen) atoms. The monoisotopic (exact) mass is 261 g/mol. The molecule has 0 aromatic heterocycles. The van der Waals surface area contributed by atoms with Gasteiger partial charge in [-0.25, -0.2) is 0 Å². The molecule has 1 N–H and O–H groups in total. The van der Waals surface area contributed by atoms with E-state index >= 15 is 0 Å². The molecule has 1 rings (SSSR count). The molecule has 0 aliphatic rings. The van der Waals surface area contributed by atoms with Gasteiger partial charge in [0.15, 0.2) is 0 Å². The third kappa shape index (κ3) is 7.03. The summed E-state index contributed by atoms with van der Waals surface area (Å²) in [4.78, 5) is 22.6. The molecular weight excluding hydrogens is 242 g/mol. The van der Waals surface area contributed by atoms with Crippen LogP contribution in [0.1, 0.15) is 25.3 Å². The van der Waals surface area contributed by atoms with Gasteiger partial charge in [-0.05, 0) is 18.1 Å². The van der Waals surface area contributed by atoms with Crippen LogP contribution in [0.2, 0.25) is 0 Å². The summed E-state index contributed by atoms with van der Waals surface area (Å²) < 4.78 is 4.89. The van der Waals surface area contributed by atoms with Gasteiger partial charge in [0.25, 0.3) is 0 Å². The van der Waals surface area contributed by atoms with E-state index in [0.29, 0.717) is 13.2 Å². The predicted molar refractivity (Wildman–Crippen MR) is 74.4 cm³/mol. The van der Waals surface area contributed by atoms with Crippen molar-refractivity contribution in [1.82, 2.24) is 5.32 Å². The van der Waals surface area contributed by atoms with E-state index in [9.17, 15) is 9.59 Å². The highest BCUT2D eigenvalue weighted by Crippen LogP contribution is 2.00. The molecule has 0 heterocycles. The summed E-state index contributed by atoms with van der Waals surface area (Å²) in [5.74, 6) is -0.499. The summed E-state index contributed by atoms with van der Waals surface area (Å²) in [5.41, 5.74) is 0.958. The summed E-state index contributed by atoms with van der Waals surface area (Å²) in [7, 11) is 0. The molecule has 0 unspecified atom stereocenters.